The van der Waals surface area contributed by atoms with Crippen molar-refractivity contribution in [3.05, 3.63) is 118 Å². The molecule has 8 amide bonds. The fourth-order valence-corrected chi connectivity index (χ4v) is 12.2. The summed E-state index contributed by atoms with van der Waals surface area (Å²) >= 11 is 0. The van der Waals surface area contributed by atoms with Crippen molar-refractivity contribution in [3.63, 3.8) is 0 Å². The summed E-state index contributed by atoms with van der Waals surface area (Å²) in [4.78, 5) is 139. The van der Waals surface area contributed by atoms with Crippen LogP contribution in [0.4, 0.5) is 16.2 Å². The number of ketones is 1. The number of phenolic OH excluding ortho intramolecular Hbond substituents is 1. The summed E-state index contributed by atoms with van der Waals surface area (Å²) in [7, 11) is 1.41. The number of para-hydroxylation sites is 1. The highest BCUT2D eigenvalue weighted by molar-refractivity contribution is 6.22. The smallest absolute Gasteiger partial charge is 0.312 e. The van der Waals surface area contributed by atoms with Gasteiger partial charge in [0.05, 0.1) is 35.5 Å². The molecule has 4 heterocycles. The van der Waals surface area contributed by atoms with E-state index >= 15 is 9.59 Å². The second-order valence-corrected chi connectivity index (χ2v) is 25.6. The van der Waals surface area contributed by atoms with Crippen LogP contribution in [0.3, 0.4) is 0 Å². The molecule has 1 aliphatic carbocycles. The zero-order chi connectivity index (χ0) is 71.6. The first kappa shape index (κ1) is 73.8. The van der Waals surface area contributed by atoms with Gasteiger partial charge in [-0.25, -0.2) is 9.78 Å². The van der Waals surface area contributed by atoms with E-state index in [1.807, 2.05) is 0 Å². The maximum absolute atomic E-state index is 15.1. The molecule has 0 saturated carbocycles. The molecule has 0 fully saturated rings. The Morgan fingerprint density at radius 3 is 2.22 bits per heavy atom. The number of aromatic hydroxyl groups is 1. The Balaban J connectivity index is 1.08. The summed E-state index contributed by atoms with van der Waals surface area (Å²) in [6, 6.07) is 8.37. The Hall–Kier alpha value is -9.99. The lowest BCUT2D eigenvalue weighted by Crippen LogP contribution is -2.54. The zero-order valence-electron chi connectivity index (χ0n) is 56.6. The van der Waals surface area contributed by atoms with Crippen molar-refractivity contribution in [1.29, 1.82) is 0 Å². The number of phenols is 1. The van der Waals surface area contributed by atoms with E-state index in [2.05, 4.69) is 26.6 Å². The van der Waals surface area contributed by atoms with E-state index in [-0.39, 0.29) is 107 Å². The molecule has 27 nitrogen and oxygen atoms in total. The molecule has 0 spiro atoms. The Labute approximate surface area is 565 Å². The number of amides is 8. The number of fused-ring (bicyclic) bond motifs is 2. The number of ether oxygens (including phenoxy) is 5. The number of nitrogens with one attached hydrogen (secondary N) is 5. The number of allylic oxidation sites excluding steroid dienone is 2. The molecule has 3 aromatic rings. The van der Waals surface area contributed by atoms with Crippen LogP contribution in [0.5, 0.6) is 17.2 Å². The number of hydrogen-bond donors (Lipinski definition) is 9. The van der Waals surface area contributed by atoms with E-state index in [0.29, 0.717) is 30.5 Å². The van der Waals surface area contributed by atoms with Gasteiger partial charge in [-0.3, -0.25) is 48.1 Å². The highest BCUT2D eigenvalue weighted by Gasteiger charge is 2.50. The summed E-state index contributed by atoms with van der Waals surface area (Å²) in [5.74, 6) is -10.8. The van der Waals surface area contributed by atoms with Crippen molar-refractivity contribution in [2.24, 2.45) is 35.3 Å². The van der Waals surface area contributed by atoms with Crippen molar-refractivity contribution in [3.8, 4) is 28.7 Å². The zero-order valence-corrected chi connectivity index (χ0v) is 56.6. The lowest BCUT2D eigenvalue weighted by molar-refractivity contribution is -0.160. The van der Waals surface area contributed by atoms with Crippen LogP contribution in [0.25, 0.3) is 33.3 Å². The standard InChI is InChI=1S/C71H86N8O19/c1-35(2)55(76-49(81)23-13-12-14-32-79-50(82)28-29-51(79)83)69(91)75-45(20-17-31-73-70(72)92)68(90)74-44-26-24-43(25-27-44)34-94-47-21-16-22-48-56(47)77-57-52-53-61(86)41(8)64-54(52)66(88)71(10,98-64)95-33-30-46(93-11)38(5)63(96-42(9)80)40(7)60(85)39(6)59(84)36(3)18-15-19-37(4)67(89)78-58(62(53)87)65(57)97-48/h15-16,18-19,21-22,24-30,33,35-36,38-40,45-46,55,59-60,63,84-86H,12-14,17,20,23,31-32,34H2,1-11H3,(H,74,90)(H,75,91)(H,76,81)(H,78,89)(H3,72,73,92)/b18-15+,33-30+,37-19-/t36-,38+,39+,40+,45-,46-,55?,59-,60+,63+,71-/m0/s1. The second kappa shape index (κ2) is 31.9. The maximum Gasteiger partial charge on any atom is 0.312 e. The van der Waals surface area contributed by atoms with Gasteiger partial charge in [-0.15, -0.1) is 0 Å². The third-order valence-corrected chi connectivity index (χ3v) is 18.0. The van der Waals surface area contributed by atoms with Crippen LogP contribution in [-0.2, 0) is 54.4 Å². The quantitative estimate of drug-likeness (QED) is 0.0117. The molecule has 11 atom stereocenters. The third kappa shape index (κ3) is 16.7. The molecule has 0 radical (unpaired) electrons. The molecule has 8 rings (SSSR count). The maximum atomic E-state index is 15.1. The fraction of sp³-hybridized carbons (Fsp3) is 0.451. The van der Waals surface area contributed by atoms with Crippen LogP contribution in [0.15, 0.2) is 100.0 Å². The predicted octanol–water partition coefficient (Wildman–Crippen LogP) is 7.03. The molecule has 5 aliphatic rings. The molecule has 524 valence electrons. The average molecular weight is 1360 g/mol. The molecule has 27 heteroatoms. The average Bonchev–Trinajstić information content (AvgIpc) is 1.39. The minimum atomic E-state index is -2.16. The first-order chi connectivity index (χ1) is 46.5. The van der Waals surface area contributed by atoms with Gasteiger partial charge in [0, 0.05) is 98.5 Å². The van der Waals surface area contributed by atoms with Crippen LogP contribution >= 0.6 is 0 Å². The first-order valence-corrected chi connectivity index (χ1v) is 32.5. The Bertz CT molecular complexity index is 4030. The topological polar surface area (TPSA) is 393 Å². The molecule has 0 saturated heterocycles. The van der Waals surface area contributed by atoms with Crippen LogP contribution in [0.1, 0.15) is 122 Å². The van der Waals surface area contributed by atoms with Gasteiger partial charge < -0.3 is 75.7 Å². The van der Waals surface area contributed by atoms with Gasteiger partial charge in [-0.2, -0.15) is 0 Å². The van der Waals surface area contributed by atoms with E-state index in [4.69, 9.17) is 38.8 Å². The van der Waals surface area contributed by atoms with Crippen LogP contribution in [0, 0.1) is 36.5 Å². The Morgan fingerprint density at radius 1 is 0.857 bits per heavy atom. The largest absolute Gasteiger partial charge is 0.507 e. The molecule has 4 aliphatic heterocycles. The van der Waals surface area contributed by atoms with E-state index in [1.54, 1.807) is 96.2 Å². The molecule has 1 unspecified atom stereocenters. The molecule has 10 N–H and O–H groups in total. The predicted molar refractivity (Wildman–Crippen MR) is 360 cm³/mol. The highest BCUT2D eigenvalue weighted by atomic mass is 16.7. The molecule has 98 heavy (non-hydrogen) atoms. The summed E-state index contributed by atoms with van der Waals surface area (Å²) in [6.45, 7) is 16.0. The van der Waals surface area contributed by atoms with Crippen LogP contribution in [0.2, 0.25) is 0 Å². The number of anilines is 2. The number of methoxy groups -OCH3 is 1. The van der Waals surface area contributed by atoms with Gasteiger partial charge in [0.2, 0.25) is 23.2 Å². The van der Waals surface area contributed by atoms with Crippen molar-refractivity contribution < 1.29 is 86.6 Å². The summed E-state index contributed by atoms with van der Waals surface area (Å²) < 4.78 is 37.0. The number of aliphatic hydroxyl groups is 2. The number of carbonyl (C=O) groups excluding carboxylic acids is 9. The fourth-order valence-electron chi connectivity index (χ4n) is 12.2. The van der Waals surface area contributed by atoms with E-state index in [1.165, 1.54) is 65.4 Å². The Morgan fingerprint density at radius 2 is 1.56 bits per heavy atom. The van der Waals surface area contributed by atoms with Crippen molar-refractivity contribution in [2.75, 3.05) is 30.8 Å². The van der Waals surface area contributed by atoms with Crippen molar-refractivity contribution in [1.82, 2.24) is 25.8 Å². The molecular weight excluding hydrogens is 1270 g/mol. The number of nitrogens with two attached hydrogens (primary N) is 1. The number of carbonyl (C=O) groups is 9. The molecule has 3 aromatic carbocycles. The highest BCUT2D eigenvalue weighted by Crippen LogP contribution is 2.51. The van der Waals surface area contributed by atoms with Gasteiger partial charge in [-0.1, -0.05) is 84.4 Å². The van der Waals surface area contributed by atoms with E-state index < -0.39 is 136 Å². The number of nitrogens with zero attached hydrogens (tertiary/aromatic N) is 2. The minimum Gasteiger partial charge on any atom is -0.507 e. The van der Waals surface area contributed by atoms with E-state index in [9.17, 15) is 53.7 Å². The minimum absolute atomic E-state index is 0.0246. The number of Topliss-reactive ketones (excluding diaryl/α,β-unsaturated/α-hetero) is 1. The number of primary amides is 1. The summed E-state index contributed by atoms with van der Waals surface area (Å²) in [5, 5.41) is 48.2. The number of aliphatic hydroxyl groups excluding tert-OH is 2. The number of benzene rings is 4. The second-order valence-electron chi connectivity index (χ2n) is 25.6. The summed E-state index contributed by atoms with van der Waals surface area (Å²) in [5.41, 5.74) is 4.65. The Kier molecular flexibility index (Phi) is 24.0. The van der Waals surface area contributed by atoms with Crippen molar-refractivity contribution >= 4 is 86.5 Å². The van der Waals surface area contributed by atoms with Crippen LogP contribution in [-0.4, -0.2) is 141 Å². The van der Waals surface area contributed by atoms with Crippen molar-refractivity contribution in [2.45, 2.75) is 157 Å². The number of hydrogen-bond acceptors (Lipinski definition) is 20. The number of imide groups is 1. The number of esters is 1. The van der Waals surface area contributed by atoms with Crippen LogP contribution < -0.4 is 47.2 Å². The third-order valence-electron chi connectivity index (χ3n) is 18.0. The number of aromatic nitrogens is 1. The van der Waals surface area contributed by atoms with Gasteiger partial charge in [-0.05, 0) is 81.4 Å². The monoisotopic (exact) mass is 1350 g/mol. The van der Waals surface area contributed by atoms with Gasteiger partial charge in [0.1, 0.15) is 58.9 Å². The SMILES string of the molecule is CO[C@H]1/C=C/O[C@@]2(C)Oc3c(C)c(O)c4c(=O)c(c5oc6cccc(OCc7ccc(NC(=O)[C@H](CCCNC(N)=O)NC(=O)C(NC(=O)CCCCCN8C(=O)C=CC8=O)C(C)C)cc7)c6nc-5c4c3C2=O)NC(=O)/C(C)=C\C=C\[C@H](C)[C@H](O)[C@@H](C)[C@@H](O)[C@@H](C)[C@H](OC(C)=O)[C@@H]1C. The molecular formula is C71H86N8O19. The first-order valence-electron chi connectivity index (χ1n) is 32.5. The summed E-state index contributed by atoms with van der Waals surface area (Å²) in [6.07, 6.45) is 7.37. The normalized spacial score (nSPS) is 23.9. The lowest BCUT2D eigenvalue weighted by Gasteiger charge is -2.38. The number of urea groups is 1. The van der Waals surface area contributed by atoms with E-state index in [0.717, 1.165) is 4.90 Å². The van der Waals surface area contributed by atoms with Gasteiger partial charge in [0.25, 0.3) is 23.5 Å². The number of rotatable bonds is 21. The number of unbranched alkanes of at least 4 members (excludes halogenated alkanes) is 2. The molecule has 4 bridgehead atoms. The van der Waals surface area contributed by atoms with Gasteiger partial charge >= 0.3 is 17.8 Å². The molecule has 0 aromatic heterocycles. The lowest BCUT2D eigenvalue weighted by atomic mass is 9.78. The van der Waals surface area contributed by atoms with Gasteiger partial charge in [0.15, 0.2) is 11.3 Å².